The molecule has 0 bridgehead atoms. The van der Waals surface area contributed by atoms with Crippen LogP contribution in [0.5, 0.6) is 0 Å². The first-order valence-electron chi connectivity index (χ1n) is 3.49. The number of aliphatic imine (C=N–C) groups is 1. The van der Waals surface area contributed by atoms with Gasteiger partial charge in [0.05, 0.1) is 6.04 Å². The summed E-state index contributed by atoms with van der Waals surface area (Å²) in [6.45, 7) is 0.761. The zero-order valence-electron chi connectivity index (χ0n) is 5.92. The van der Waals surface area contributed by atoms with E-state index in [9.17, 15) is 0 Å². The van der Waals surface area contributed by atoms with E-state index in [1.807, 2.05) is 0 Å². The highest BCUT2D eigenvalue weighted by atomic mass is 32.2. The van der Waals surface area contributed by atoms with E-state index in [1.165, 1.54) is 0 Å². The molecule has 0 radical (unpaired) electrons. The van der Waals surface area contributed by atoms with Crippen LogP contribution in [-0.2, 0) is 0 Å². The zero-order valence-corrected chi connectivity index (χ0v) is 6.73. The van der Waals surface area contributed by atoms with Gasteiger partial charge >= 0.3 is 0 Å². The second-order valence-corrected chi connectivity index (χ2v) is 3.40. The molecule has 0 aromatic heterocycles. The fourth-order valence-electron chi connectivity index (χ4n) is 0.937. The van der Waals surface area contributed by atoms with Gasteiger partial charge in [-0.15, -0.1) is 0 Å². The van der Waals surface area contributed by atoms with Crippen molar-refractivity contribution in [3.05, 3.63) is 0 Å². The van der Waals surface area contributed by atoms with E-state index < -0.39 is 0 Å². The lowest BCUT2D eigenvalue weighted by atomic mass is 10.2. The third kappa shape index (κ3) is 2.19. The number of nitrogens with zero attached hydrogens (tertiary/aromatic N) is 1. The van der Waals surface area contributed by atoms with E-state index in [2.05, 4.69) is 4.99 Å². The lowest BCUT2D eigenvalue weighted by Crippen LogP contribution is -2.08. The van der Waals surface area contributed by atoms with Crippen LogP contribution in [0.2, 0.25) is 0 Å². The maximum absolute atomic E-state index is 5.48. The highest BCUT2D eigenvalue weighted by Gasteiger charge is 2.14. The molecule has 0 saturated heterocycles. The lowest BCUT2D eigenvalue weighted by molar-refractivity contribution is 0.646. The maximum Gasteiger partial charge on any atom is 0.154 e. The van der Waals surface area contributed by atoms with Crippen LogP contribution in [0, 0.1) is 0 Å². The molecule has 4 N–H and O–H groups in total. The minimum absolute atomic E-state index is 0.438. The van der Waals surface area contributed by atoms with Crippen LogP contribution in [0.15, 0.2) is 4.99 Å². The molecule has 0 saturated carbocycles. The molecule has 4 heteroatoms. The topological polar surface area (TPSA) is 64.4 Å². The fraction of sp³-hybridized carbons (Fsp3) is 0.833. The molecule has 0 aromatic rings. The number of hydrogen-bond acceptors (Lipinski definition) is 4. The van der Waals surface area contributed by atoms with Gasteiger partial charge in [-0.25, -0.2) is 0 Å². The molecule has 0 unspecified atom stereocenters. The number of rotatable bonds is 3. The molecule has 58 valence electrons. The van der Waals surface area contributed by atoms with Crippen molar-refractivity contribution in [3.8, 4) is 0 Å². The molecule has 1 aliphatic heterocycles. The van der Waals surface area contributed by atoms with Gasteiger partial charge < -0.3 is 11.5 Å². The summed E-state index contributed by atoms with van der Waals surface area (Å²) in [4.78, 5) is 4.23. The number of hydrogen-bond donors (Lipinski definition) is 2. The Labute approximate surface area is 65.3 Å². The molecule has 0 amide bonds. The van der Waals surface area contributed by atoms with Gasteiger partial charge in [-0.1, -0.05) is 11.8 Å². The maximum atomic E-state index is 5.48. The normalized spacial score (nSPS) is 24.9. The molecular weight excluding hydrogens is 146 g/mol. The molecule has 0 aliphatic carbocycles. The summed E-state index contributed by atoms with van der Waals surface area (Å²) < 4.78 is 0. The van der Waals surface area contributed by atoms with Gasteiger partial charge in [-0.2, -0.15) is 0 Å². The van der Waals surface area contributed by atoms with E-state index in [1.54, 1.807) is 11.8 Å². The van der Waals surface area contributed by atoms with Crippen LogP contribution in [-0.4, -0.2) is 23.5 Å². The first-order valence-corrected chi connectivity index (χ1v) is 4.47. The quantitative estimate of drug-likeness (QED) is 0.616. The molecule has 0 aromatic carbocycles. The Bertz CT molecular complexity index is 135. The van der Waals surface area contributed by atoms with Crippen LogP contribution < -0.4 is 11.5 Å². The average Bonchev–Trinajstić information content (AvgIpc) is 2.31. The molecule has 3 nitrogen and oxygen atoms in total. The number of nitrogens with two attached hydrogens (primary N) is 2. The lowest BCUT2D eigenvalue weighted by Gasteiger charge is -2.01. The van der Waals surface area contributed by atoms with Crippen molar-refractivity contribution in [2.24, 2.45) is 16.5 Å². The van der Waals surface area contributed by atoms with Crippen molar-refractivity contribution < 1.29 is 0 Å². The van der Waals surface area contributed by atoms with Crippen LogP contribution >= 0.6 is 11.8 Å². The largest absolute Gasteiger partial charge is 0.379 e. The number of amidine groups is 1. The summed E-state index contributed by atoms with van der Waals surface area (Å²) in [6.07, 6.45) is 2.15. The Morgan fingerprint density at radius 1 is 1.70 bits per heavy atom. The summed E-state index contributed by atoms with van der Waals surface area (Å²) in [6, 6.07) is 0.438. The van der Waals surface area contributed by atoms with Gasteiger partial charge in [-0.05, 0) is 19.4 Å². The van der Waals surface area contributed by atoms with Crippen molar-refractivity contribution in [2.75, 3.05) is 12.3 Å². The van der Waals surface area contributed by atoms with E-state index in [4.69, 9.17) is 11.5 Å². The van der Waals surface area contributed by atoms with Crippen molar-refractivity contribution in [2.45, 2.75) is 18.9 Å². The Morgan fingerprint density at radius 3 is 3.00 bits per heavy atom. The fourth-order valence-corrected chi connectivity index (χ4v) is 1.77. The van der Waals surface area contributed by atoms with Crippen LogP contribution in [0.3, 0.4) is 0 Å². The summed E-state index contributed by atoms with van der Waals surface area (Å²) >= 11 is 1.64. The first kappa shape index (κ1) is 7.88. The van der Waals surface area contributed by atoms with Crippen molar-refractivity contribution in [1.29, 1.82) is 0 Å². The second kappa shape index (κ2) is 3.83. The second-order valence-electron chi connectivity index (χ2n) is 2.36. The monoisotopic (exact) mass is 159 g/mol. The summed E-state index contributed by atoms with van der Waals surface area (Å²) in [5.41, 5.74) is 10.8. The SMILES string of the molecule is NCCC[C@@H]1CSC(N)=N1. The minimum atomic E-state index is 0.438. The molecule has 1 heterocycles. The molecular formula is C6H13N3S. The molecule has 1 atom stereocenters. The Kier molecular flexibility index (Phi) is 3.02. The molecule has 1 aliphatic rings. The van der Waals surface area contributed by atoms with E-state index >= 15 is 0 Å². The highest BCUT2D eigenvalue weighted by Crippen LogP contribution is 2.17. The third-order valence-electron chi connectivity index (χ3n) is 1.47. The van der Waals surface area contributed by atoms with Crippen molar-refractivity contribution in [1.82, 2.24) is 0 Å². The van der Waals surface area contributed by atoms with Gasteiger partial charge in [0.15, 0.2) is 5.17 Å². The Balaban J connectivity index is 2.18. The highest BCUT2D eigenvalue weighted by molar-refractivity contribution is 8.14. The molecule has 0 spiro atoms. The minimum Gasteiger partial charge on any atom is -0.379 e. The zero-order chi connectivity index (χ0) is 7.40. The van der Waals surface area contributed by atoms with Gasteiger partial charge in [0, 0.05) is 5.75 Å². The first-order chi connectivity index (χ1) is 4.83. The van der Waals surface area contributed by atoms with Crippen LogP contribution in [0.4, 0.5) is 0 Å². The van der Waals surface area contributed by atoms with Crippen LogP contribution in [0.1, 0.15) is 12.8 Å². The average molecular weight is 159 g/mol. The summed E-state index contributed by atoms with van der Waals surface area (Å²) in [5.74, 6) is 1.05. The molecule has 0 fully saturated rings. The van der Waals surface area contributed by atoms with E-state index in [0.29, 0.717) is 6.04 Å². The van der Waals surface area contributed by atoms with Gasteiger partial charge in [-0.3, -0.25) is 4.99 Å². The van der Waals surface area contributed by atoms with E-state index in [-0.39, 0.29) is 0 Å². The Morgan fingerprint density at radius 2 is 2.50 bits per heavy atom. The molecule has 10 heavy (non-hydrogen) atoms. The van der Waals surface area contributed by atoms with Crippen molar-refractivity contribution >= 4 is 16.9 Å². The van der Waals surface area contributed by atoms with Gasteiger partial charge in [0.1, 0.15) is 0 Å². The third-order valence-corrected chi connectivity index (χ3v) is 2.43. The Hall–Kier alpha value is -0.220. The van der Waals surface area contributed by atoms with Crippen LogP contribution in [0.25, 0.3) is 0 Å². The standard InChI is InChI=1S/C6H13N3S/c7-3-1-2-5-4-10-6(8)9-5/h5H,1-4,7H2,(H2,8,9)/t5-/m1/s1. The summed E-state index contributed by atoms with van der Waals surface area (Å²) in [7, 11) is 0. The summed E-state index contributed by atoms with van der Waals surface area (Å²) in [5, 5.41) is 0.738. The molecule has 1 rings (SSSR count). The van der Waals surface area contributed by atoms with E-state index in [0.717, 1.165) is 30.3 Å². The smallest absolute Gasteiger partial charge is 0.154 e. The predicted molar refractivity (Wildman–Crippen MR) is 46.2 cm³/mol. The van der Waals surface area contributed by atoms with Crippen molar-refractivity contribution in [3.63, 3.8) is 0 Å². The predicted octanol–water partition coefficient (Wildman–Crippen LogP) is 0.155. The van der Waals surface area contributed by atoms with Gasteiger partial charge in [0.25, 0.3) is 0 Å². The van der Waals surface area contributed by atoms with Gasteiger partial charge in [0.2, 0.25) is 0 Å². The number of thioether (sulfide) groups is 1.